The lowest BCUT2D eigenvalue weighted by atomic mass is 9.84. The summed E-state index contributed by atoms with van der Waals surface area (Å²) in [6.45, 7) is 4.60. The van der Waals surface area contributed by atoms with Crippen LogP contribution in [0.2, 0.25) is 0 Å². The summed E-state index contributed by atoms with van der Waals surface area (Å²) in [6.07, 6.45) is 5.68. The minimum absolute atomic E-state index is 0.0648. The average molecular weight is 657 g/mol. The first kappa shape index (κ1) is 33.1. The zero-order chi connectivity index (χ0) is 33.0. The van der Waals surface area contributed by atoms with Gasteiger partial charge in [0.2, 0.25) is 15.9 Å². The van der Waals surface area contributed by atoms with Crippen molar-refractivity contribution in [3.63, 3.8) is 0 Å². The van der Waals surface area contributed by atoms with Gasteiger partial charge in [-0.25, -0.2) is 27.0 Å². The number of nitrogens with one attached hydrogen (secondary N) is 2. The number of amides is 3. The Kier molecular flexibility index (Phi) is 10.1. The highest BCUT2D eigenvalue weighted by Crippen LogP contribution is 2.31. The summed E-state index contributed by atoms with van der Waals surface area (Å²) in [6, 6.07) is 11.2. The number of aromatic nitrogens is 1. The van der Waals surface area contributed by atoms with Crippen LogP contribution in [0.15, 0.2) is 48.5 Å². The topological polar surface area (TPSA) is 147 Å². The highest BCUT2D eigenvalue weighted by Gasteiger charge is 2.32. The molecule has 0 bridgehead atoms. The fourth-order valence-electron chi connectivity index (χ4n) is 5.72. The van der Waals surface area contributed by atoms with Crippen LogP contribution in [0.5, 0.6) is 11.6 Å². The van der Waals surface area contributed by atoms with Crippen LogP contribution in [0.1, 0.15) is 53.7 Å². The molecule has 0 unspecified atom stereocenters. The van der Waals surface area contributed by atoms with Gasteiger partial charge in [0, 0.05) is 55.7 Å². The zero-order valence-electron chi connectivity index (χ0n) is 25.8. The van der Waals surface area contributed by atoms with Crippen LogP contribution in [0, 0.1) is 24.5 Å². The van der Waals surface area contributed by atoms with Gasteiger partial charge in [0.05, 0.1) is 17.5 Å². The number of piperidine rings is 1. The number of benzene rings is 2. The number of ether oxygens (including phenoxy) is 1. The molecule has 11 nitrogen and oxygen atoms in total. The number of pyridine rings is 1. The van der Waals surface area contributed by atoms with Crippen LogP contribution < -0.4 is 20.5 Å². The molecule has 5 rings (SSSR count). The van der Waals surface area contributed by atoms with Crippen molar-refractivity contribution in [1.82, 2.24) is 14.8 Å². The molecule has 0 spiro atoms. The molecule has 3 aromatic rings. The number of rotatable bonds is 11. The maximum absolute atomic E-state index is 14.5. The zero-order valence-corrected chi connectivity index (χ0v) is 26.6. The second-order valence-corrected chi connectivity index (χ2v) is 13.7. The number of carbonyl (C=O) groups excluding carboxylic acids is 2. The van der Waals surface area contributed by atoms with E-state index in [2.05, 4.69) is 19.9 Å². The number of carbonyl (C=O) groups is 2. The van der Waals surface area contributed by atoms with Crippen LogP contribution in [0.25, 0.3) is 0 Å². The summed E-state index contributed by atoms with van der Waals surface area (Å²) in [5.74, 6) is -1.79. The van der Waals surface area contributed by atoms with Gasteiger partial charge in [-0.1, -0.05) is 12.5 Å². The van der Waals surface area contributed by atoms with E-state index < -0.39 is 39.2 Å². The van der Waals surface area contributed by atoms with Gasteiger partial charge in [0.25, 0.3) is 5.91 Å². The molecule has 0 atom stereocenters. The molecule has 46 heavy (non-hydrogen) atoms. The van der Waals surface area contributed by atoms with E-state index >= 15 is 0 Å². The molecule has 246 valence electrons. The number of urea groups is 1. The van der Waals surface area contributed by atoms with Crippen molar-refractivity contribution in [2.75, 3.05) is 35.9 Å². The molecule has 1 aliphatic heterocycles. The summed E-state index contributed by atoms with van der Waals surface area (Å²) < 4.78 is 59.6. The van der Waals surface area contributed by atoms with Crippen molar-refractivity contribution < 1.29 is 31.5 Å². The fraction of sp³-hybridized carbons (Fsp3) is 0.406. The summed E-state index contributed by atoms with van der Waals surface area (Å²) in [7, 11) is -3.37. The van der Waals surface area contributed by atoms with E-state index in [9.17, 15) is 26.8 Å². The Labute approximate surface area is 267 Å². The number of halogens is 2. The lowest BCUT2D eigenvalue weighted by Gasteiger charge is -2.41. The Bertz CT molecular complexity index is 1690. The SMILES string of the molecule is Cc1nc(Oc2ccc(NS(C)(=O)=O)cc2)ccc1CN1CCC(N(CC2CCC2)C(=O)Nc2cc(C(N)=O)c(F)cc2F)CC1. The van der Waals surface area contributed by atoms with Crippen LogP contribution in [-0.2, 0) is 16.6 Å². The summed E-state index contributed by atoms with van der Waals surface area (Å²) in [5.41, 5.74) is 6.73. The molecule has 3 amide bonds. The first-order valence-electron chi connectivity index (χ1n) is 15.2. The van der Waals surface area contributed by atoms with Gasteiger partial charge in [-0.15, -0.1) is 0 Å². The molecule has 1 aliphatic carbocycles. The minimum Gasteiger partial charge on any atom is -0.439 e. The highest BCUT2D eigenvalue weighted by atomic mass is 32.2. The van der Waals surface area contributed by atoms with Gasteiger partial charge in [0.15, 0.2) is 0 Å². The number of sulfonamides is 1. The standard InChI is InChI=1S/C32H38F2N6O5S/c1-20-22(6-11-30(36-20)45-25-9-7-23(8-10-25)38-46(2,43)44)19-39-14-12-24(13-15-39)40(18-21-4-3-5-21)32(42)37-29-16-26(31(35)41)27(33)17-28(29)34/h6-11,16-17,21,24,38H,3-5,12-15,18-19H2,1-2H3,(H2,35,41)(H,37,42). The van der Waals surface area contributed by atoms with Gasteiger partial charge in [-0.05, 0) is 74.4 Å². The number of primary amides is 1. The number of hydrogen-bond acceptors (Lipinski definition) is 7. The van der Waals surface area contributed by atoms with Crippen molar-refractivity contribution in [2.45, 2.75) is 51.6 Å². The molecule has 4 N–H and O–H groups in total. The summed E-state index contributed by atoms with van der Waals surface area (Å²) in [5, 5.41) is 2.55. The third-order valence-corrected chi connectivity index (χ3v) is 9.05. The van der Waals surface area contributed by atoms with E-state index in [0.29, 0.717) is 42.4 Å². The average Bonchev–Trinajstić information content (AvgIpc) is 2.96. The Morgan fingerprint density at radius 2 is 1.74 bits per heavy atom. The quantitative estimate of drug-likeness (QED) is 0.256. The second kappa shape index (κ2) is 14.0. The van der Waals surface area contributed by atoms with Crippen molar-refractivity contribution in [3.05, 3.63) is 77.0 Å². The Morgan fingerprint density at radius 3 is 2.33 bits per heavy atom. The van der Waals surface area contributed by atoms with Crippen molar-refractivity contribution in [1.29, 1.82) is 0 Å². The monoisotopic (exact) mass is 656 g/mol. The molecular weight excluding hydrogens is 618 g/mol. The molecular formula is C32H38F2N6O5S. The molecule has 1 saturated carbocycles. The summed E-state index contributed by atoms with van der Waals surface area (Å²) in [4.78, 5) is 33.7. The molecule has 1 saturated heterocycles. The van der Waals surface area contributed by atoms with Crippen LogP contribution >= 0.6 is 0 Å². The van der Waals surface area contributed by atoms with Crippen LogP contribution in [-0.4, -0.2) is 67.1 Å². The van der Waals surface area contributed by atoms with Crippen LogP contribution in [0.4, 0.5) is 25.0 Å². The normalized spacial score (nSPS) is 16.0. The van der Waals surface area contributed by atoms with Crippen molar-refractivity contribution >= 4 is 33.3 Å². The van der Waals surface area contributed by atoms with Crippen molar-refractivity contribution in [2.24, 2.45) is 11.7 Å². The molecule has 2 aliphatic rings. The maximum atomic E-state index is 14.5. The molecule has 1 aromatic heterocycles. The third kappa shape index (κ3) is 8.49. The molecule has 0 radical (unpaired) electrons. The maximum Gasteiger partial charge on any atom is 0.322 e. The van der Waals surface area contributed by atoms with E-state index in [1.807, 2.05) is 13.0 Å². The number of nitrogens with two attached hydrogens (primary N) is 1. The van der Waals surface area contributed by atoms with E-state index in [1.165, 1.54) is 0 Å². The molecule has 2 fully saturated rings. The van der Waals surface area contributed by atoms with Gasteiger partial charge < -0.3 is 20.7 Å². The predicted molar refractivity (Wildman–Crippen MR) is 170 cm³/mol. The Hall–Kier alpha value is -4.30. The van der Waals surface area contributed by atoms with Crippen LogP contribution in [0.3, 0.4) is 0 Å². The molecule has 14 heteroatoms. The van der Waals surface area contributed by atoms with E-state index in [1.54, 1.807) is 35.2 Å². The first-order valence-corrected chi connectivity index (χ1v) is 17.0. The fourth-order valence-corrected chi connectivity index (χ4v) is 6.28. The number of nitrogens with zero attached hydrogens (tertiary/aromatic N) is 3. The minimum atomic E-state index is -3.37. The number of anilines is 2. The lowest BCUT2D eigenvalue weighted by molar-refractivity contribution is 0.0994. The number of likely N-dealkylation sites (tertiary alicyclic amines) is 1. The second-order valence-electron chi connectivity index (χ2n) is 12.0. The largest absolute Gasteiger partial charge is 0.439 e. The van der Waals surface area contributed by atoms with E-state index in [0.717, 1.165) is 68.8 Å². The van der Waals surface area contributed by atoms with Gasteiger partial charge in [-0.3, -0.25) is 14.4 Å². The number of aryl methyl sites for hydroxylation is 1. The van der Waals surface area contributed by atoms with Gasteiger partial charge >= 0.3 is 6.03 Å². The van der Waals surface area contributed by atoms with E-state index in [-0.39, 0.29) is 11.7 Å². The van der Waals surface area contributed by atoms with Crippen molar-refractivity contribution in [3.8, 4) is 11.6 Å². The third-order valence-electron chi connectivity index (χ3n) is 8.45. The van der Waals surface area contributed by atoms with E-state index in [4.69, 9.17) is 10.5 Å². The lowest BCUT2D eigenvalue weighted by Crippen LogP contribution is -2.51. The summed E-state index contributed by atoms with van der Waals surface area (Å²) >= 11 is 0. The predicted octanol–water partition coefficient (Wildman–Crippen LogP) is 5.23. The molecule has 2 aromatic carbocycles. The Morgan fingerprint density at radius 1 is 1.04 bits per heavy atom. The van der Waals surface area contributed by atoms with Gasteiger partial charge in [-0.2, -0.15) is 0 Å². The first-order chi connectivity index (χ1) is 21.8. The Balaban J connectivity index is 1.18. The number of hydrogen-bond donors (Lipinski definition) is 3. The highest BCUT2D eigenvalue weighted by molar-refractivity contribution is 7.92. The molecule has 2 heterocycles. The smallest absolute Gasteiger partial charge is 0.322 e. The van der Waals surface area contributed by atoms with Gasteiger partial charge in [0.1, 0.15) is 17.4 Å².